The van der Waals surface area contributed by atoms with Crippen LogP contribution in [0.4, 0.5) is 0 Å². The molecule has 118 valence electrons. The fourth-order valence-electron chi connectivity index (χ4n) is 2.86. The van der Waals surface area contributed by atoms with Crippen molar-refractivity contribution in [1.29, 1.82) is 0 Å². The Bertz CT molecular complexity index is 406. The van der Waals surface area contributed by atoms with Crippen LogP contribution in [0.1, 0.15) is 51.4 Å². The standard InChI is InChI=1S/C15H24N2O4/c18-13(17-10-7-8-10)6-3-9-16-14(19)11-4-1-2-5-12(11)15(20)21/h10-12H,1-9H2,(H,16,19)(H,17,18)(H,20,21)/t11-,12+/m1/s1. The quantitative estimate of drug-likeness (QED) is 0.612. The Morgan fingerprint density at radius 3 is 2.29 bits per heavy atom. The molecule has 2 aliphatic rings. The van der Waals surface area contributed by atoms with Crippen molar-refractivity contribution in [2.45, 2.75) is 57.4 Å². The Balaban J connectivity index is 1.65. The molecule has 0 spiro atoms. The van der Waals surface area contributed by atoms with Crippen LogP contribution in [0.15, 0.2) is 0 Å². The molecule has 0 aliphatic heterocycles. The number of hydrogen-bond donors (Lipinski definition) is 3. The number of carboxylic acid groups (broad SMARTS) is 1. The molecule has 0 heterocycles. The first kappa shape index (κ1) is 15.8. The number of nitrogens with one attached hydrogen (secondary N) is 2. The van der Waals surface area contributed by atoms with E-state index in [-0.39, 0.29) is 11.8 Å². The summed E-state index contributed by atoms with van der Waals surface area (Å²) in [6.07, 6.45) is 6.15. The Labute approximate surface area is 124 Å². The average molecular weight is 296 g/mol. The first-order chi connectivity index (χ1) is 10.1. The second-order valence-electron chi connectivity index (χ2n) is 6.07. The zero-order valence-electron chi connectivity index (χ0n) is 12.3. The molecule has 2 fully saturated rings. The summed E-state index contributed by atoms with van der Waals surface area (Å²) in [5.41, 5.74) is 0. The second kappa shape index (κ2) is 7.43. The molecule has 6 nitrogen and oxygen atoms in total. The summed E-state index contributed by atoms with van der Waals surface area (Å²) in [6.45, 7) is 0.430. The van der Waals surface area contributed by atoms with Crippen LogP contribution in [-0.2, 0) is 14.4 Å². The lowest BCUT2D eigenvalue weighted by atomic mass is 9.78. The molecule has 0 aromatic carbocycles. The van der Waals surface area contributed by atoms with Crippen molar-refractivity contribution in [3.8, 4) is 0 Å². The summed E-state index contributed by atoms with van der Waals surface area (Å²) < 4.78 is 0. The zero-order chi connectivity index (χ0) is 15.2. The minimum Gasteiger partial charge on any atom is -0.481 e. The predicted octanol–water partition coefficient (Wildman–Crippen LogP) is 1.05. The van der Waals surface area contributed by atoms with Crippen molar-refractivity contribution < 1.29 is 19.5 Å². The number of amides is 2. The van der Waals surface area contributed by atoms with E-state index in [0.717, 1.165) is 25.7 Å². The number of hydrogen-bond acceptors (Lipinski definition) is 3. The molecule has 0 aromatic heterocycles. The molecule has 0 unspecified atom stereocenters. The number of aliphatic carboxylic acids is 1. The van der Waals surface area contributed by atoms with E-state index in [9.17, 15) is 14.4 Å². The number of carbonyl (C=O) groups excluding carboxylic acids is 2. The van der Waals surface area contributed by atoms with Crippen LogP contribution in [0, 0.1) is 11.8 Å². The van der Waals surface area contributed by atoms with E-state index in [0.29, 0.717) is 38.3 Å². The van der Waals surface area contributed by atoms with Crippen molar-refractivity contribution in [1.82, 2.24) is 10.6 Å². The minimum atomic E-state index is -0.876. The van der Waals surface area contributed by atoms with Gasteiger partial charge < -0.3 is 15.7 Å². The van der Waals surface area contributed by atoms with Gasteiger partial charge in [-0.2, -0.15) is 0 Å². The highest BCUT2D eigenvalue weighted by molar-refractivity contribution is 5.85. The summed E-state index contributed by atoms with van der Waals surface area (Å²) in [5.74, 6) is -2.00. The molecule has 0 radical (unpaired) electrons. The van der Waals surface area contributed by atoms with Crippen LogP contribution in [-0.4, -0.2) is 35.5 Å². The zero-order valence-corrected chi connectivity index (χ0v) is 12.3. The average Bonchev–Trinajstić information content (AvgIpc) is 3.27. The van der Waals surface area contributed by atoms with E-state index in [1.54, 1.807) is 0 Å². The van der Waals surface area contributed by atoms with Crippen LogP contribution >= 0.6 is 0 Å². The number of rotatable bonds is 7. The molecule has 2 rings (SSSR count). The fraction of sp³-hybridized carbons (Fsp3) is 0.800. The highest BCUT2D eigenvalue weighted by atomic mass is 16.4. The highest BCUT2D eigenvalue weighted by Crippen LogP contribution is 2.30. The molecular weight excluding hydrogens is 272 g/mol. The highest BCUT2D eigenvalue weighted by Gasteiger charge is 2.35. The molecule has 21 heavy (non-hydrogen) atoms. The van der Waals surface area contributed by atoms with Crippen molar-refractivity contribution in [3.63, 3.8) is 0 Å². The Kier molecular flexibility index (Phi) is 5.59. The van der Waals surface area contributed by atoms with Gasteiger partial charge in [0.2, 0.25) is 11.8 Å². The maximum atomic E-state index is 12.1. The molecule has 2 amide bonds. The van der Waals surface area contributed by atoms with Gasteiger partial charge in [-0.15, -0.1) is 0 Å². The normalized spacial score (nSPS) is 25.1. The van der Waals surface area contributed by atoms with Crippen LogP contribution in [0.3, 0.4) is 0 Å². The summed E-state index contributed by atoms with van der Waals surface area (Å²) in [7, 11) is 0. The van der Waals surface area contributed by atoms with Gasteiger partial charge in [-0.25, -0.2) is 0 Å². The topological polar surface area (TPSA) is 95.5 Å². The maximum absolute atomic E-state index is 12.1. The van der Waals surface area contributed by atoms with E-state index >= 15 is 0 Å². The van der Waals surface area contributed by atoms with Crippen molar-refractivity contribution >= 4 is 17.8 Å². The summed E-state index contributed by atoms with van der Waals surface area (Å²) in [4.78, 5) is 34.7. The van der Waals surface area contributed by atoms with Gasteiger partial charge in [0, 0.05) is 19.0 Å². The Hall–Kier alpha value is -1.59. The van der Waals surface area contributed by atoms with Crippen molar-refractivity contribution in [3.05, 3.63) is 0 Å². The van der Waals surface area contributed by atoms with Crippen LogP contribution in [0.25, 0.3) is 0 Å². The summed E-state index contributed by atoms with van der Waals surface area (Å²) >= 11 is 0. The third-order valence-electron chi connectivity index (χ3n) is 4.24. The van der Waals surface area contributed by atoms with E-state index in [1.807, 2.05) is 0 Å². The van der Waals surface area contributed by atoms with Gasteiger partial charge in [-0.1, -0.05) is 12.8 Å². The minimum absolute atomic E-state index is 0.0350. The van der Waals surface area contributed by atoms with Crippen LogP contribution in [0.5, 0.6) is 0 Å². The van der Waals surface area contributed by atoms with Crippen molar-refractivity contribution in [2.24, 2.45) is 11.8 Å². The third kappa shape index (κ3) is 5.02. The van der Waals surface area contributed by atoms with Gasteiger partial charge in [-0.3, -0.25) is 14.4 Å². The Morgan fingerprint density at radius 2 is 1.67 bits per heavy atom. The first-order valence-corrected chi connectivity index (χ1v) is 7.88. The van der Waals surface area contributed by atoms with Gasteiger partial charge in [0.05, 0.1) is 11.8 Å². The molecule has 2 aliphatic carbocycles. The molecule has 0 bridgehead atoms. The smallest absolute Gasteiger partial charge is 0.307 e. The molecule has 0 aromatic rings. The van der Waals surface area contributed by atoms with E-state index in [4.69, 9.17) is 5.11 Å². The fourth-order valence-corrected chi connectivity index (χ4v) is 2.86. The molecule has 6 heteroatoms. The monoisotopic (exact) mass is 296 g/mol. The number of carbonyl (C=O) groups is 3. The van der Waals surface area contributed by atoms with Gasteiger partial charge in [0.25, 0.3) is 0 Å². The number of carboxylic acids is 1. The van der Waals surface area contributed by atoms with Gasteiger partial charge in [-0.05, 0) is 32.1 Å². The van der Waals surface area contributed by atoms with Crippen LogP contribution in [0.2, 0.25) is 0 Å². The van der Waals surface area contributed by atoms with Crippen molar-refractivity contribution in [2.75, 3.05) is 6.54 Å². The molecular formula is C15H24N2O4. The summed E-state index contributed by atoms with van der Waals surface area (Å²) in [6, 6.07) is 0.366. The lowest BCUT2D eigenvalue weighted by Gasteiger charge is -2.27. The Morgan fingerprint density at radius 1 is 1.00 bits per heavy atom. The third-order valence-corrected chi connectivity index (χ3v) is 4.24. The van der Waals surface area contributed by atoms with E-state index in [2.05, 4.69) is 10.6 Å². The molecule has 0 saturated heterocycles. The van der Waals surface area contributed by atoms with Gasteiger partial charge in [0.1, 0.15) is 0 Å². The van der Waals surface area contributed by atoms with Gasteiger partial charge in [0.15, 0.2) is 0 Å². The second-order valence-corrected chi connectivity index (χ2v) is 6.07. The lowest BCUT2D eigenvalue weighted by Crippen LogP contribution is -2.40. The SMILES string of the molecule is O=C(CCCNC(=O)[C@@H]1CCCC[C@@H]1C(=O)O)NC1CC1. The van der Waals surface area contributed by atoms with E-state index < -0.39 is 17.8 Å². The van der Waals surface area contributed by atoms with E-state index in [1.165, 1.54) is 0 Å². The molecule has 2 atom stereocenters. The van der Waals surface area contributed by atoms with Crippen LogP contribution < -0.4 is 10.6 Å². The first-order valence-electron chi connectivity index (χ1n) is 7.88. The molecule has 2 saturated carbocycles. The lowest BCUT2D eigenvalue weighted by molar-refractivity contribution is -0.148. The van der Waals surface area contributed by atoms with Gasteiger partial charge >= 0.3 is 5.97 Å². The molecule has 3 N–H and O–H groups in total. The largest absolute Gasteiger partial charge is 0.481 e. The predicted molar refractivity (Wildman–Crippen MR) is 76.5 cm³/mol. The summed E-state index contributed by atoms with van der Waals surface area (Å²) in [5, 5.41) is 14.8. The maximum Gasteiger partial charge on any atom is 0.307 e.